The summed E-state index contributed by atoms with van der Waals surface area (Å²) in [6.45, 7) is 1.89. The summed E-state index contributed by atoms with van der Waals surface area (Å²) in [5.74, 6) is 0.188. The van der Waals surface area contributed by atoms with Gasteiger partial charge in [-0.05, 0) is 25.1 Å². The van der Waals surface area contributed by atoms with E-state index in [4.69, 9.17) is 4.74 Å². The fraction of sp³-hybridized carbons (Fsp3) is 0.143. The van der Waals surface area contributed by atoms with Crippen LogP contribution in [0.2, 0.25) is 0 Å². The van der Waals surface area contributed by atoms with Crippen LogP contribution in [0.5, 0.6) is 0 Å². The Kier molecular flexibility index (Phi) is 3.23. The van der Waals surface area contributed by atoms with Crippen LogP contribution in [0, 0.1) is 6.92 Å². The van der Waals surface area contributed by atoms with Crippen molar-refractivity contribution < 1.29 is 9.53 Å². The number of hydrogen-bond acceptors (Lipinski definition) is 6. The molecule has 0 unspecified atom stereocenters. The highest BCUT2D eigenvalue weighted by atomic mass is 16.5. The van der Waals surface area contributed by atoms with Gasteiger partial charge in [0.1, 0.15) is 11.8 Å². The quantitative estimate of drug-likeness (QED) is 0.716. The van der Waals surface area contributed by atoms with Crippen LogP contribution < -0.4 is 5.32 Å². The van der Waals surface area contributed by atoms with E-state index in [-0.39, 0.29) is 5.97 Å². The molecule has 0 saturated carbocycles. The van der Waals surface area contributed by atoms with Gasteiger partial charge in [0.05, 0.1) is 18.4 Å². The Morgan fingerprint density at radius 3 is 2.95 bits per heavy atom. The maximum Gasteiger partial charge on any atom is 0.337 e. The molecule has 1 aromatic carbocycles. The Bertz CT molecular complexity index is 812. The van der Waals surface area contributed by atoms with Crippen molar-refractivity contribution in [3.05, 3.63) is 41.9 Å². The molecule has 0 spiro atoms. The van der Waals surface area contributed by atoms with Crippen molar-refractivity contribution in [2.75, 3.05) is 12.4 Å². The number of benzene rings is 1. The maximum absolute atomic E-state index is 11.5. The van der Waals surface area contributed by atoms with Crippen molar-refractivity contribution in [2.45, 2.75) is 6.92 Å². The number of hydrogen-bond donors (Lipinski definition) is 2. The molecule has 0 amide bonds. The Morgan fingerprint density at radius 1 is 1.29 bits per heavy atom. The number of carbonyl (C=O) groups is 1. The lowest BCUT2D eigenvalue weighted by Gasteiger charge is -2.07. The number of anilines is 2. The van der Waals surface area contributed by atoms with Gasteiger partial charge in [0.2, 0.25) is 0 Å². The van der Waals surface area contributed by atoms with Crippen LogP contribution in [0.4, 0.5) is 11.5 Å². The van der Waals surface area contributed by atoms with Crippen LogP contribution >= 0.6 is 0 Å². The van der Waals surface area contributed by atoms with Gasteiger partial charge in [-0.3, -0.25) is 5.10 Å². The number of nitrogens with zero attached hydrogens (tertiary/aromatic N) is 3. The molecular weight excluding hydrogens is 270 g/mol. The maximum atomic E-state index is 11.5. The molecule has 21 heavy (non-hydrogen) atoms. The molecule has 0 aliphatic heterocycles. The summed E-state index contributed by atoms with van der Waals surface area (Å²) in [5.41, 5.74) is 3.47. The van der Waals surface area contributed by atoms with Gasteiger partial charge < -0.3 is 10.1 Å². The second-order valence-electron chi connectivity index (χ2n) is 4.47. The van der Waals surface area contributed by atoms with Crippen molar-refractivity contribution in [1.29, 1.82) is 0 Å². The number of nitrogens with one attached hydrogen (secondary N) is 2. The van der Waals surface area contributed by atoms with Crippen molar-refractivity contribution in [3.8, 4) is 0 Å². The van der Waals surface area contributed by atoms with Crippen molar-refractivity contribution in [1.82, 2.24) is 20.2 Å². The van der Waals surface area contributed by atoms with Gasteiger partial charge in [-0.25, -0.2) is 14.8 Å². The zero-order valence-corrected chi connectivity index (χ0v) is 11.5. The highest BCUT2D eigenvalue weighted by Gasteiger charge is 2.11. The fourth-order valence-electron chi connectivity index (χ4n) is 2.02. The van der Waals surface area contributed by atoms with E-state index < -0.39 is 0 Å². The van der Waals surface area contributed by atoms with Crippen molar-refractivity contribution >= 4 is 28.5 Å². The lowest BCUT2D eigenvalue weighted by atomic mass is 10.2. The number of aromatic amines is 1. The van der Waals surface area contributed by atoms with Crippen LogP contribution in [-0.2, 0) is 4.74 Å². The van der Waals surface area contributed by atoms with Gasteiger partial charge in [-0.2, -0.15) is 5.10 Å². The van der Waals surface area contributed by atoms with E-state index in [0.717, 1.165) is 16.9 Å². The lowest BCUT2D eigenvalue weighted by Crippen LogP contribution is -2.02. The molecule has 3 rings (SSSR count). The molecule has 106 valence electrons. The Morgan fingerprint density at radius 2 is 2.14 bits per heavy atom. The predicted octanol–water partition coefficient (Wildman–Crippen LogP) is 2.19. The Balaban J connectivity index is 1.97. The molecule has 0 atom stereocenters. The zero-order valence-electron chi connectivity index (χ0n) is 11.5. The van der Waals surface area contributed by atoms with Gasteiger partial charge >= 0.3 is 5.97 Å². The van der Waals surface area contributed by atoms with Gasteiger partial charge in [0, 0.05) is 5.69 Å². The molecule has 0 saturated heterocycles. The van der Waals surface area contributed by atoms with Crippen molar-refractivity contribution in [2.24, 2.45) is 0 Å². The first-order chi connectivity index (χ1) is 10.2. The summed E-state index contributed by atoms with van der Waals surface area (Å²) < 4.78 is 4.71. The third kappa shape index (κ3) is 2.40. The highest BCUT2D eigenvalue weighted by Crippen LogP contribution is 2.23. The average molecular weight is 283 g/mol. The van der Waals surface area contributed by atoms with Crippen LogP contribution in [0.3, 0.4) is 0 Å². The molecular formula is C14H13N5O2. The number of fused-ring (bicyclic) bond motifs is 1. The third-order valence-electron chi connectivity index (χ3n) is 3.06. The molecule has 0 aliphatic rings. The van der Waals surface area contributed by atoms with Crippen LogP contribution in [0.25, 0.3) is 11.0 Å². The minimum absolute atomic E-state index is 0.387. The molecule has 2 heterocycles. The average Bonchev–Trinajstić information content (AvgIpc) is 2.89. The SMILES string of the molecule is COC(=O)c1cccc(Nc2ncnc3c(C)[nH]nc23)c1. The standard InChI is InChI=1S/C14H13N5O2/c1-8-11-12(19-18-8)13(16-7-15-11)17-10-5-3-4-9(6-10)14(20)21-2/h3-7H,1-2H3,(H,18,19)(H,15,16,17). The molecule has 2 N–H and O–H groups in total. The highest BCUT2D eigenvalue weighted by molar-refractivity contribution is 5.92. The largest absolute Gasteiger partial charge is 0.465 e. The number of rotatable bonds is 3. The molecule has 0 radical (unpaired) electrons. The van der Waals surface area contributed by atoms with E-state index in [2.05, 4.69) is 25.5 Å². The minimum Gasteiger partial charge on any atom is -0.465 e. The third-order valence-corrected chi connectivity index (χ3v) is 3.06. The number of carbonyl (C=O) groups excluding carboxylic acids is 1. The van der Waals surface area contributed by atoms with E-state index in [9.17, 15) is 4.79 Å². The second kappa shape index (κ2) is 5.20. The first-order valence-corrected chi connectivity index (χ1v) is 6.30. The number of methoxy groups -OCH3 is 1. The summed E-state index contributed by atoms with van der Waals surface area (Å²) >= 11 is 0. The van der Waals surface area contributed by atoms with E-state index in [1.165, 1.54) is 13.4 Å². The molecule has 0 aliphatic carbocycles. The second-order valence-corrected chi connectivity index (χ2v) is 4.47. The summed E-state index contributed by atoms with van der Waals surface area (Å²) in [5, 5.41) is 10.2. The first kappa shape index (κ1) is 13.0. The summed E-state index contributed by atoms with van der Waals surface area (Å²) in [6, 6.07) is 6.98. The number of ether oxygens (including phenoxy) is 1. The first-order valence-electron chi connectivity index (χ1n) is 6.30. The van der Waals surface area contributed by atoms with Gasteiger partial charge in [-0.1, -0.05) is 6.07 Å². The summed E-state index contributed by atoms with van der Waals surface area (Å²) in [6.07, 6.45) is 1.47. The van der Waals surface area contributed by atoms with Crippen LogP contribution in [-0.4, -0.2) is 33.2 Å². The lowest BCUT2D eigenvalue weighted by molar-refractivity contribution is 0.0601. The number of H-pyrrole nitrogens is 1. The zero-order chi connectivity index (χ0) is 14.8. The van der Waals surface area contributed by atoms with E-state index in [1.54, 1.807) is 18.2 Å². The van der Waals surface area contributed by atoms with Gasteiger partial charge in [0.25, 0.3) is 0 Å². The summed E-state index contributed by atoms with van der Waals surface area (Å²) in [7, 11) is 1.35. The Labute approximate surface area is 120 Å². The number of aryl methyl sites for hydroxylation is 1. The normalized spacial score (nSPS) is 10.6. The molecule has 7 nitrogen and oxygen atoms in total. The minimum atomic E-state index is -0.387. The van der Waals surface area contributed by atoms with E-state index in [0.29, 0.717) is 16.9 Å². The topological polar surface area (TPSA) is 92.8 Å². The Hall–Kier alpha value is -2.96. The van der Waals surface area contributed by atoms with E-state index in [1.807, 2.05) is 13.0 Å². The smallest absolute Gasteiger partial charge is 0.337 e. The predicted molar refractivity (Wildman–Crippen MR) is 77.5 cm³/mol. The number of esters is 1. The molecule has 7 heteroatoms. The molecule has 3 aromatic rings. The fourth-order valence-corrected chi connectivity index (χ4v) is 2.02. The molecule has 0 bridgehead atoms. The summed E-state index contributed by atoms with van der Waals surface area (Å²) in [4.78, 5) is 19.9. The van der Waals surface area contributed by atoms with Gasteiger partial charge in [0.15, 0.2) is 11.3 Å². The van der Waals surface area contributed by atoms with Gasteiger partial charge in [-0.15, -0.1) is 0 Å². The van der Waals surface area contributed by atoms with Crippen molar-refractivity contribution in [3.63, 3.8) is 0 Å². The monoisotopic (exact) mass is 283 g/mol. The molecule has 0 fully saturated rings. The van der Waals surface area contributed by atoms with E-state index >= 15 is 0 Å². The number of aromatic nitrogens is 4. The van der Waals surface area contributed by atoms with Crippen LogP contribution in [0.15, 0.2) is 30.6 Å². The molecule has 2 aromatic heterocycles. The van der Waals surface area contributed by atoms with Crippen LogP contribution in [0.1, 0.15) is 16.1 Å².